The van der Waals surface area contributed by atoms with Gasteiger partial charge in [-0.25, -0.2) is 9.97 Å². The van der Waals surface area contributed by atoms with E-state index in [0.29, 0.717) is 0 Å². The molecule has 8 N–H and O–H groups in total. The molecule has 0 fully saturated rings. The summed E-state index contributed by atoms with van der Waals surface area (Å²) in [5.74, 6) is 0. The second-order valence-electron chi connectivity index (χ2n) is 12.6. The number of unbranched alkanes of at least 4 members (excludes halogenated alkanes) is 4. The monoisotopic (exact) mass is 656 g/mol. The third-order valence-electron chi connectivity index (χ3n) is 8.57. The number of nitrogens with zero attached hydrogens (tertiary/aromatic N) is 6. The van der Waals surface area contributed by atoms with Crippen LogP contribution >= 0.6 is 0 Å². The summed E-state index contributed by atoms with van der Waals surface area (Å²) in [6, 6.07) is 8.61. The zero-order chi connectivity index (χ0) is 33.3. The Morgan fingerprint density at radius 3 is 0.896 bits per heavy atom. The van der Waals surface area contributed by atoms with Crippen molar-refractivity contribution in [2.24, 2.45) is 0 Å². The van der Waals surface area contributed by atoms with E-state index in [1.54, 1.807) is 0 Å². The molecule has 0 amide bonds. The first-order chi connectivity index (χ1) is 23.6. The quantitative estimate of drug-likeness (QED) is 0.125. The van der Waals surface area contributed by atoms with E-state index < -0.39 is 0 Å². The molecule has 258 valence electrons. The van der Waals surface area contributed by atoms with Crippen molar-refractivity contribution in [1.29, 1.82) is 0 Å². The Hall–Kier alpha value is -4.50. The maximum absolute atomic E-state index is 5.14. The number of aromatic nitrogens is 2. The number of hydrogen-bond donors (Lipinski definition) is 8. The lowest BCUT2D eigenvalue weighted by Gasteiger charge is -2.14. The summed E-state index contributed by atoms with van der Waals surface area (Å²) >= 11 is 0. The fraction of sp³-hybridized carbons (Fsp3) is 0.471. The lowest BCUT2D eigenvalue weighted by atomic mass is 10.0. The summed E-state index contributed by atoms with van der Waals surface area (Å²) in [6.45, 7) is 12.5. The van der Waals surface area contributed by atoms with Crippen LogP contribution in [0.2, 0.25) is 0 Å². The Balaban J connectivity index is 1.41. The van der Waals surface area contributed by atoms with Crippen LogP contribution in [0.1, 0.15) is 102 Å². The van der Waals surface area contributed by atoms with E-state index in [9.17, 15) is 0 Å². The number of pyridine rings is 2. The van der Waals surface area contributed by atoms with Gasteiger partial charge in [-0.1, -0.05) is 53.4 Å². The Morgan fingerprint density at radius 1 is 0.417 bits per heavy atom. The van der Waals surface area contributed by atoms with Crippen LogP contribution in [0, 0.1) is 0 Å². The summed E-state index contributed by atoms with van der Waals surface area (Å²) < 4.78 is 0. The highest BCUT2D eigenvalue weighted by atomic mass is 15.7. The predicted molar refractivity (Wildman–Crippen MR) is 191 cm³/mol. The standard InChI is InChI=1S/C34H52N14/c1-5-9-13-45-21-31(37-41-45)27-17-25(18-28(35-27)32-22-46(42-38-32)14-10-6-2)26-19-29(33-23-47(43-39-33)15-11-7-3)36-30(20-26)34-24-48(44-40-34)16-12-8-4/h17-24,37-44H,5-16H2,1-4H3. The second-order valence-corrected chi connectivity index (χ2v) is 12.6. The first kappa shape index (κ1) is 33.4. The van der Waals surface area contributed by atoms with Crippen LogP contribution < -0.4 is 43.8 Å². The Morgan fingerprint density at radius 2 is 0.667 bits per heavy atom. The summed E-state index contributed by atoms with van der Waals surface area (Å²) in [5.41, 5.74) is 35.7. The van der Waals surface area contributed by atoms with Crippen LogP contribution in [0.3, 0.4) is 0 Å². The number of rotatable bonds is 17. The molecule has 2 aromatic rings. The van der Waals surface area contributed by atoms with Crippen molar-refractivity contribution in [2.75, 3.05) is 26.2 Å². The molecule has 4 aliphatic heterocycles. The lowest BCUT2D eigenvalue weighted by Crippen LogP contribution is -2.37. The third-order valence-corrected chi connectivity index (χ3v) is 8.57. The van der Waals surface area contributed by atoms with Gasteiger partial charge < -0.3 is 21.7 Å². The predicted octanol–water partition coefficient (Wildman–Crippen LogP) is 3.84. The van der Waals surface area contributed by atoms with E-state index in [-0.39, 0.29) is 0 Å². The molecule has 0 aliphatic carbocycles. The molecule has 0 aromatic carbocycles. The highest BCUT2D eigenvalue weighted by Crippen LogP contribution is 2.31. The van der Waals surface area contributed by atoms with Crippen molar-refractivity contribution in [1.82, 2.24) is 73.8 Å². The molecule has 6 heterocycles. The molecule has 2 aromatic heterocycles. The van der Waals surface area contributed by atoms with Gasteiger partial charge >= 0.3 is 0 Å². The molecule has 0 spiro atoms. The molecule has 0 unspecified atom stereocenters. The Labute approximate surface area is 284 Å². The van der Waals surface area contributed by atoms with Gasteiger partial charge in [-0.05, 0) is 61.1 Å². The van der Waals surface area contributed by atoms with Gasteiger partial charge in [-0.15, -0.1) is 22.1 Å². The van der Waals surface area contributed by atoms with E-state index in [1.165, 1.54) is 0 Å². The van der Waals surface area contributed by atoms with E-state index in [2.05, 4.69) is 141 Å². The van der Waals surface area contributed by atoms with Crippen molar-refractivity contribution < 1.29 is 0 Å². The van der Waals surface area contributed by atoms with Crippen LogP contribution in [0.25, 0.3) is 33.9 Å². The van der Waals surface area contributed by atoms with Gasteiger partial charge in [-0.3, -0.25) is 20.0 Å². The van der Waals surface area contributed by atoms with Crippen LogP contribution in [-0.2, 0) is 0 Å². The second kappa shape index (κ2) is 16.1. The average Bonchev–Trinajstić information content (AvgIpc) is 3.95. The van der Waals surface area contributed by atoms with Crippen molar-refractivity contribution in [3.63, 3.8) is 0 Å². The average molecular weight is 657 g/mol. The molecule has 0 saturated heterocycles. The van der Waals surface area contributed by atoms with Crippen molar-refractivity contribution in [3.8, 4) is 11.1 Å². The summed E-state index contributed by atoms with van der Waals surface area (Å²) in [4.78, 5) is 10.3. The minimum atomic E-state index is 0.847. The SMILES string of the molecule is CCCCN1C=C(c2cc(-c3cc(C4=CN(CCCC)NN4)nc(C4=CN(CCCC)NN4)c3)cc(C3=CN(CCCC)NN3)n2)NN1. The Kier molecular flexibility index (Phi) is 11.2. The molecule has 14 nitrogen and oxygen atoms in total. The topological polar surface area (TPSA) is 135 Å². The van der Waals surface area contributed by atoms with E-state index in [0.717, 1.165) is 134 Å². The van der Waals surface area contributed by atoms with Crippen LogP contribution in [-0.4, -0.2) is 56.2 Å². The van der Waals surface area contributed by atoms with Crippen molar-refractivity contribution in [2.45, 2.75) is 79.1 Å². The van der Waals surface area contributed by atoms with Gasteiger partial charge in [0.05, 0.1) is 45.6 Å². The molecular weight excluding hydrogens is 604 g/mol. The first-order valence-electron chi connectivity index (χ1n) is 17.6. The highest BCUT2D eigenvalue weighted by Gasteiger charge is 2.23. The minimum absolute atomic E-state index is 0.847. The maximum atomic E-state index is 5.14. The van der Waals surface area contributed by atoms with Crippen molar-refractivity contribution in [3.05, 3.63) is 71.8 Å². The fourth-order valence-corrected chi connectivity index (χ4v) is 5.67. The van der Waals surface area contributed by atoms with E-state index in [4.69, 9.17) is 9.97 Å². The molecular formula is C34H52N14. The third kappa shape index (κ3) is 8.13. The van der Waals surface area contributed by atoms with Crippen LogP contribution in [0.4, 0.5) is 0 Å². The zero-order valence-corrected chi connectivity index (χ0v) is 28.8. The molecule has 0 radical (unpaired) electrons. The molecule has 0 bridgehead atoms. The highest BCUT2D eigenvalue weighted by molar-refractivity contribution is 5.79. The molecule has 0 atom stereocenters. The summed E-state index contributed by atoms with van der Waals surface area (Å²) in [5, 5.41) is 8.34. The van der Waals surface area contributed by atoms with Gasteiger partial charge in [0, 0.05) is 51.0 Å². The van der Waals surface area contributed by atoms with Gasteiger partial charge in [0.2, 0.25) is 0 Å². The molecule has 14 heteroatoms. The van der Waals surface area contributed by atoms with Gasteiger partial charge in [0.1, 0.15) is 0 Å². The summed E-state index contributed by atoms with van der Waals surface area (Å²) in [6.07, 6.45) is 17.3. The molecule has 48 heavy (non-hydrogen) atoms. The smallest absolute Gasteiger partial charge is 0.0937 e. The van der Waals surface area contributed by atoms with E-state index >= 15 is 0 Å². The zero-order valence-electron chi connectivity index (χ0n) is 28.8. The Bertz CT molecular complexity index is 1310. The minimum Gasteiger partial charge on any atom is -0.300 e. The fourth-order valence-electron chi connectivity index (χ4n) is 5.67. The summed E-state index contributed by atoms with van der Waals surface area (Å²) in [7, 11) is 0. The maximum Gasteiger partial charge on any atom is 0.0937 e. The van der Waals surface area contributed by atoms with Gasteiger partial charge in [-0.2, -0.15) is 0 Å². The molecule has 0 saturated carbocycles. The normalized spacial score (nSPS) is 17.2. The van der Waals surface area contributed by atoms with Gasteiger partial charge in [0.15, 0.2) is 0 Å². The van der Waals surface area contributed by atoms with E-state index in [1.807, 2.05) is 0 Å². The van der Waals surface area contributed by atoms with Crippen LogP contribution in [0.15, 0.2) is 49.1 Å². The lowest BCUT2D eigenvalue weighted by molar-refractivity contribution is 0.268. The van der Waals surface area contributed by atoms with Crippen LogP contribution in [0.5, 0.6) is 0 Å². The van der Waals surface area contributed by atoms with Gasteiger partial charge in [0.25, 0.3) is 0 Å². The number of nitrogens with one attached hydrogen (secondary N) is 8. The molecule has 4 aliphatic rings. The first-order valence-corrected chi connectivity index (χ1v) is 17.6. The van der Waals surface area contributed by atoms with Crippen molar-refractivity contribution >= 4 is 22.8 Å². The largest absolute Gasteiger partial charge is 0.300 e. The number of hydrazine groups is 8. The molecule has 6 rings (SSSR count). The number of hydrogen-bond acceptors (Lipinski definition) is 14.